The van der Waals surface area contributed by atoms with E-state index >= 15 is 0 Å². The van der Waals surface area contributed by atoms with Crippen LogP contribution in [0.3, 0.4) is 0 Å². The second kappa shape index (κ2) is 23.4. The van der Waals surface area contributed by atoms with Gasteiger partial charge in [-0.1, -0.05) is 166 Å². The molecular weight excluding hydrogens is 704 g/mol. The Morgan fingerprint density at radius 2 is 0.750 bits per heavy atom. The second-order valence-electron chi connectivity index (χ2n) is 14.8. The van der Waals surface area contributed by atoms with E-state index in [1.807, 2.05) is 42.5 Å². The SMILES string of the molecule is c1ccc(COc2ccc(CCOCCCCCCCCCCCC[P+](c3ccccc3)(c3ccccc3)c3ccccc3)cc2OCc2ccccc2)cc1. The zero-order valence-corrected chi connectivity index (χ0v) is 34.0. The van der Waals surface area contributed by atoms with Crippen LogP contribution in [0, 0.1) is 0 Å². The number of hydrogen-bond donors (Lipinski definition) is 0. The van der Waals surface area contributed by atoms with Gasteiger partial charge in [0.1, 0.15) is 36.4 Å². The van der Waals surface area contributed by atoms with Gasteiger partial charge in [0.25, 0.3) is 0 Å². The molecule has 0 spiro atoms. The van der Waals surface area contributed by atoms with Gasteiger partial charge in [0, 0.05) is 6.61 Å². The largest absolute Gasteiger partial charge is 0.485 e. The van der Waals surface area contributed by atoms with E-state index in [2.05, 4.69) is 127 Å². The molecule has 6 aromatic carbocycles. The van der Waals surface area contributed by atoms with Crippen LogP contribution < -0.4 is 25.4 Å². The molecule has 0 atom stereocenters. The van der Waals surface area contributed by atoms with Crippen molar-refractivity contribution in [1.29, 1.82) is 0 Å². The Morgan fingerprint density at radius 3 is 1.23 bits per heavy atom. The number of ether oxygens (including phenoxy) is 3. The van der Waals surface area contributed by atoms with Crippen LogP contribution in [0.5, 0.6) is 11.5 Å². The van der Waals surface area contributed by atoms with Gasteiger partial charge in [-0.2, -0.15) is 0 Å². The molecule has 0 aliphatic heterocycles. The van der Waals surface area contributed by atoms with E-state index < -0.39 is 7.26 Å². The van der Waals surface area contributed by atoms with E-state index in [1.54, 1.807) is 0 Å². The Morgan fingerprint density at radius 1 is 0.339 bits per heavy atom. The normalized spacial score (nSPS) is 11.4. The summed E-state index contributed by atoms with van der Waals surface area (Å²) in [5.41, 5.74) is 3.47. The standard InChI is InChI=1S/C52H60O3P/c1(2-4-6-8-25-41-56(48-30-18-11-19-31-48,49-32-20-12-21-33-49)50-34-22-13-23-35-50)3-5-7-24-39-53-40-38-45-36-37-51(54-43-46-26-14-9-15-27-46)52(42-45)55-44-47-28-16-10-17-29-47/h9-23,26-37,42H,1-8,24-25,38-41,43-44H2/q+1. The molecular formula is C52H60O3P+. The maximum Gasteiger partial charge on any atom is 0.161 e. The van der Waals surface area contributed by atoms with Crippen molar-refractivity contribution in [2.75, 3.05) is 19.4 Å². The van der Waals surface area contributed by atoms with Gasteiger partial charge in [0.2, 0.25) is 0 Å². The van der Waals surface area contributed by atoms with Crippen molar-refractivity contribution >= 4 is 23.2 Å². The van der Waals surface area contributed by atoms with Gasteiger partial charge in [-0.15, -0.1) is 0 Å². The van der Waals surface area contributed by atoms with Crippen molar-refractivity contribution in [3.63, 3.8) is 0 Å². The first-order valence-corrected chi connectivity index (χ1v) is 22.9. The number of unbranched alkanes of at least 4 members (excludes halogenated alkanes) is 9. The number of benzene rings is 6. The van der Waals surface area contributed by atoms with Crippen molar-refractivity contribution in [2.24, 2.45) is 0 Å². The Bertz CT molecular complexity index is 1820. The van der Waals surface area contributed by atoms with Gasteiger partial charge in [-0.3, -0.25) is 0 Å². The van der Waals surface area contributed by atoms with Crippen molar-refractivity contribution in [3.8, 4) is 11.5 Å². The molecule has 0 radical (unpaired) electrons. The molecule has 0 saturated heterocycles. The fourth-order valence-electron chi connectivity index (χ4n) is 7.55. The smallest absolute Gasteiger partial charge is 0.161 e. The maximum atomic E-state index is 6.27. The van der Waals surface area contributed by atoms with E-state index in [0.717, 1.165) is 42.1 Å². The van der Waals surface area contributed by atoms with Crippen LogP contribution in [-0.4, -0.2) is 19.4 Å². The highest BCUT2D eigenvalue weighted by atomic mass is 31.2. The van der Waals surface area contributed by atoms with Gasteiger partial charge in [-0.05, 0) is 90.9 Å². The van der Waals surface area contributed by atoms with Gasteiger partial charge in [0.05, 0.1) is 12.8 Å². The van der Waals surface area contributed by atoms with Crippen molar-refractivity contribution in [2.45, 2.75) is 83.8 Å². The lowest BCUT2D eigenvalue weighted by Crippen LogP contribution is -2.33. The Hall–Kier alpha value is -4.69. The topological polar surface area (TPSA) is 27.7 Å². The van der Waals surface area contributed by atoms with Crippen LogP contribution in [0.1, 0.15) is 80.9 Å². The fourth-order valence-corrected chi connectivity index (χ4v) is 12.0. The predicted molar refractivity (Wildman–Crippen MR) is 239 cm³/mol. The molecule has 0 fully saturated rings. The molecule has 4 heteroatoms. The quantitative estimate of drug-likeness (QED) is 0.0429. The molecule has 0 bridgehead atoms. The number of hydrogen-bond acceptors (Lipinski definition) is 3. The molecule has 0 amide bonds. The van der Waals surface area contributed by atoms with E-state index in [-0.39, 0.29) is 0 Å². The molecule has 0 heterocycles. The molecule has 0 unspecified atom stereocenters. The van der Waals surface area contributed by atoms with Gasteiger partial charge >= 0.3 is 0 Å². The first-order valence-electron chi connectivity index (χ1n) is 20.9. The lowest BCUT2D eigenvalue weighted by molar-refractivity contribution is 0.132. The lowest BCUT2D eigenvalue weighted by atomic mass is 10.1. The van der Waals surface area contributed by atoms with Crippen LogP contribution in [-0.2, 0) is 24.4 Å². The molecule has 3 nitrogen and oxygen atoms in total. The summed E-state index contributed by atoms with van der Waals surface area (Å²) in [7, 11) is -1.70. The van der Waals surface area contributed by atoms with Crippen molar-refractivity contribution in [1.82, 2.24) is 0 Å². The summed E-state index contributed by atoms with van der Waals surface area (Å²) in [5.74, 6) is 1.54. The van der Waals surface area contributed by atoms with E-state index in [0.29, 0.717) is 19.8 Å². The highest BCUT2D eigenvalue weighted by Gasteiger charge is 2.44. The number of rotatable bonds is 25. The van der Waals surface area contributed by atoms with E-state index in [1.165, 1.54) is 85.4 Å². The monoisotopic (exact) mass is 763 g/mol. The van der Waals surface area contributed by atoms with Crippen LogP contribution in [0.2, 0.25) is 0 Å². The van der Waals surface area contributed by atoms with E-state index in [4.69, 9.17) is 14.2 Å². The van der Waals surface area contributed by atoms with Crippen LogP contribution in [0.25, 0.3) is 0 Å². The minimum atomic E-state index is -1.70. The summed E-state index contributed by atoms with van der Waals surface area (Å²) in [6, 6.07) is 60.7. The summed E-state index contributed by atoms with van der Waals surface area (Å²) < 4.78 is 18.5. The van der Waals surface area contributed by atoms with Crippen LogP contribution in [0.4, 0.5) is 0 Å². The highest BCUT2D eigenvalue weighted by molar-refractivity contribution is 7.95. The Labute approximate surface area is 337 Å². The third-order valence-electron chi connectivity index (χ3n) is 10.6. The maximum absolute atomic E-state index is 6.27. The van der Waals surface area contributed by atoms with Gasteiger partial charge < -0.3 is 14.2 Å². The zero-order valence-electron chi connectivity index (χ0n) is 33.2. The summed E-state index contributed by atoms with van der Waals surface area (Å²) in [4.78, 5) is 0. The van der Waals surface area contributed by atoms with Crippen molar-refractivity contribution in [3.05, 3.63) is 187 Å². The van der Waals surface area contributed by atoms with Gasteiger partial charge in [0.15, 0.2) is 11.5 Å². The summed E-state index contributed by atoms with van der Waals surface area (Å²) in [6.45, 7) is 2.55. The molecule has 290 valence electrons. The zero-order chi connectivity index (χ0) is 38.4. The predicted octanol–water partition coefficient (Wildman–Crippen LogP) is 12.3. The third-order valence-corrected chi connectivity index (χ3v) is 15.2. The average Bonchev–Trinajstić information content (AvgIpc) is 3.27. The van der Waals surface area contributed by atoms with Gasteiger partial charge in [-0.25, -0.2) is 0 Å². The van der Waals surface area contributed by atoms with E-state index in [9.17, 15) is 0 Å². The molecule has 6 rings (SSSR count). The van der Waals surface area contributed by atoms with Crippen LogP contribution >= 0.6 is 7.26 Å². The summed E-state index contributed by atoms with van der Waals surface area (Å²) in [6.07, 6.45) is 15.0. The molecule has 0 aliphatic rings. The van der Waals surface area contributed by atoms with Crippen LogP contribution in [0.15, 0.2) is 170 Å². The molecule has 6 aromatic rings. The molecule has 56 heavy (non-hydrogen) atoms. The summed E-state index contributed by atoms with van der Waals surface area (Å²) >= 11 is 0. The molecule has 0 N–H and O–H groups in total. The Kier molecular flexibility index (Phi) is 17.1. The highest BCUT2D eigenvalue weighted by Crippen LogP contribution is 2.56. The average molecular weight is 764 g/mol. The molecule has 0 saturated carbocycles. The fraction of sp³-hybridized carbons (Fsp3) is 0.308. The Balaban J connectivity index is 0.847. The molecule has 0 aliphatic carbocycles. The van der Waals surface area contributed by atoms with Crippen molar-refractivity contribution < 1.29 is 14.2 Å². The first kappa shape index (κ1) is 41.0. The lowest BCUT2D eigenvalue weighted by Gasteiger charge is -2.27. The minimum Gasteiger partial charge on any atom is -0.485 e. The molecule has 0 aromatic heterocycles. The summed E-state index contributed by atoms with van der Waals surface area (Å²) in [5, 5.41) is 4.49. The minimum absolute atomic E-state index is 0.504. The first-order chi connectivity index (χ1) is 27.8. The third kappa shape index (κ3) is 12.7. The second-order valence-corrected chi connectivity index (χ2v) is 18.4.